The van der Waals surface area contributed by atoms with Gasteiger partial charge in [-0.25, -0.2) is 8.42 Å². The average Bonchev–Trinajstić information content (AvgIpc) is 2.69. The lowest BCUT2D eigenvalue weighted by atomic mass is 9.92. The van der Waals surface area contributed by atoms with Gasteiger partial charge < -0.3 is 11.1 Å². The monoisotopic (exact) mass is 289 g/mol. The van der Waals surface area contributed by atoms with Gasteiger partial charge in [-0.1, -0.05) is 13.8 Å². The fourth-order valence-electron chi connectivity index (χ4n) is 2.49. The van der Waals surface area contributed by atoms with Gasteiger partial charge in [0.2, 0.25) is 0 Å². The van der Waals surface area contributed by atoms with Crippen molar-refractivity contribution in [1.82, 2.24) is 4.37 Å². The minimum atomic E-state index is -3.33. The van der Waals surface area contributed by atoms with Crippen LogP contribution in [0.25, 0.3) is 0 Å². The molecule has 18 heavy (non-hydrogen) atoms. The Morgan fingerprint density at radius 1 is 1.50 bits per heavy atom. The number of anilines is 2. The second-order valence-corrected chi connectivity index (χ2v) is 8.47. The highest BCUT2D eigenvalue weighted by Gasteiger charge is 2.32. The molecule has 2 rings (SSSR count). The van der Waals surface area contributed by atoms with Crippen LogP contribution in [-0.2, 0) is 9.84 Å². The molecule has 1 aliphatic rings. The van der Waals surface area contributed by atoms with Crippen LogP contribution in [0, 0.1) is 5.41 Å². The predicted octanol–water partition coefficient (Wildman–Crippen LogP) is 2.12. The molecule has 102 valence electrons. The zero-order chi connectivity index (χ0) is 13.6. The van der Waals surface area contributed by atoms with Crippen molar-refractivity contribution in [1.29, 1.82) is 0 Å². The maximum atomic E-state index is 11.7. The minimum Gasteiger partial charge on any atom is -0.382 e. The quantitative estimate of drug-likeness (QED) is 0.890. The molecule has 0 aromatic carbocycles. The van der Waals surface area contributed by atoms with E-state index in [9.17, 15) is 8.42 Å². The van der Waals surface area contributed by atoms with Crippen molar-refractivity contribution in [3.63, 3.8) is 0 Å². The van der Waals surface area contributed by atoms with Crippen LogP contribution in [0.1, 0.15) is 33.1 Å². The van der Waals surface area contributed by atoms with Gasteiger partial charge in [-0.2, -0.15) is 4.37 Å². The summed E-state index contributed by atoms with van der Waals surface area (Å²) in [6.07, 6.45) is 4.39. The van der Waals surface area contributed by atoms with Crippen molar-refractivity contribution in [2.24, 2.45) is 5.41 Å². The van der Waals surface area contributed by atoms with E-state index in [1.807, 2.05) is 0 Å². The Balaban J connectivity index is 2.21. The first-order valence-corrected chi connectivity index (χ1v) is 8.57. The molecule has 1 fully saturated rings. The van der Waals surface area contributed by atoms with E-state index in [4.69, 9.17) is 5.73 Å². The van der Waals surface area contributed by atoms with Gasteiger partial charge in [0.25, 0.3) is 0 Å². The minimum absolute atomic E-state index is 0.0993. The molecular weight excluding hydrogens is 270 g/mol. The van der Waals surface area contributed by atoms with Crippen LogP contribution in [0.2, 0.25) is 0 Å². The Morgan fingerprint density at radius 2 is 2.17 bits per heavy atom. The van der Waals surface area contributed by atoms with E-state index < -0.39 is 9.84 Å². The van der Waals surface area contributed by atoms with Gasteiger partial charge >= 0.3 is 0 Å². The molecule has 0 spiro atoms. The number of nitrogens with one attached hydrogen (secondary N) is 1. The smallest absolute Gasteiger partial charge is 0.182 e. The molecule has 0 aliphatic heterocycles. The standard InChI is InChI=1S/C11H19N3O2S2/c1-11(2)5-4-7(6-11)13-10-8(18(3,15)16)9(12)14-17-10/h7,13H,4-6H2,1-3H3,(H2,12,14). The molecular formula is C11H19N3O2S2. The number of sulfone groups is 1. The lowest BCUT2D eigenvalue weighted by Crippen LogP contribution is -2.18. The summed E-state index contributed by atoms with van der Waals surface area (Å²) in [6, 6.07) is 0.306. The number of nitrogens with two attached hydrogens (primary N) is 1. The second kappa shape index (κ2) is 4.38. The van der Waals surface area contributed by atoms with Gasteiger partial charge in [-0.15, -0.1) is 0 Å². The number of hydrogen-bond acceptors (Lipinski definition) is 6. The normalized spacial score (nSPS) is 23.2. The Kier molecular flexibility index (Phi) is 3.31. The number of aromatic nitrogens is 1. The Bertz CT molecular complexity index is 549. The maximum Gasteiger partial charge on any atom is 0.182 e. The molecule has 5 nitrogen and oxygen atoms in total. The van der Waals surface area contributed by atoms with Crippen LogP contribution < -0.4 is 11.1 Å². The summed E-state index contributed by atoms with van der Waals surface area (Å²) in [5.41, 5.74) is 5.95. The van der Waals surface area contributed by atoms with Crippen molar-refractivity contribution in [3.05, 3.63) is 0 Å². The molecule has 1 aromatic heterocycles. The van der Waals surface area contributed by atoms with Gasteiger partial charge in [-0.05, 0) is 36.2 Å². The van der Waals surface area contributed by atoms with Gasteiger partial charge in [-0.3, -0.25) is 0 Å². The summed E-state index contributed by atoms with van der Waals surface area (Å²) in [7, 11) is -3.33. The third-order valence-corrected chi connectivity index (χ3v) is 5.43. The molecule has 0 bridgehead atoms. The zero-order valence-corrected chi connectivity index (χ0v) is 12.5. The summed E-state index contributed by atoms with van der Waals surface area (Å²) in [5.74, 6) is 0.0993. The molecule has 3 N–H and O–H groups in total. The van der Waals surface area contributed by atoms with Crippen molar-refractivity contribution in [2.45, 2.75) is 44.0 Å². The van der Waals surface area contributed by atoms with E-state index in [0.29, 0.717) is 16.5 Å². The Morgan fingerprint density at radius 3 is 2.67 bits per heavy atom. The topological polar surface area (TPSA) is 85.1 Å². The van der Waals surface area contributed by atoms with E-state index >= 15 is 0 Å². The summed E-state index contributed by atoms with van der Waals surface area (Å²) in [5, 5.41) is 3.87. The fraction of sp³-hybridized carbons (Fsp3) is 0.727. The van der Waals surface area contributed by atoms with E-state index in [2.05, 4.69) is 23.5 Å². The SMILES string of the molecule is CC1(C)CCC(Nc2snc(N)c2S(C)(=O)=O)C1. The molecule has 1 saturated carbocycles. The molecule has 1 atom stereocenters. The van der Waals surface area contributed by atoms with Crippen molar-refractivity contribution in [3.8, 4) is 0 Å². The molecule has 0 radical (unpaired) electrons. The summed E-state index contributed by atoms with van der Waals surface area (Å²) < 4.78 is 27.3. The van der Waals surface area contributed by atoms with Crippen molar-refractivity contribution in [2.75, 3.05) is 17.3 Å². The first-order valence-electron chi connectivity index (χ1n) is 5.91. The van der Waals surface area contributed by atoms with Crippen LogP contribution in [0.4, 0.5) is 10.8 Å². The first kappa shape index (κ1) is 13.6. The van der Waals surface area contributed by atoms with Gasteiger partial charge in [0.1, 0.15) is 9.90 Å². The van der Waals surface area contributed by atoms with E-state index in [-0.39, 0.29) is 10.7 Å². The number of rotatable bonds is 3. The van der Waals surface area contributed by atoms with E-state index in [0.717, 1.165) is 37.1 Å². The molecule has 7 heteroatoms. The molecule has 0 saturated heterocycles. The van der Waals surface area contributed by atoms with Crippen LogP contribution in [0.3, 0.4) is 0 Å². The van der Waals surface area contributed by atoms with Gasteiger partial charge in [0, 0.05) is 12.3 Å². The highest BCUT2D eigenvalue weighted by atomic mass is 32.2. The van der Waals surface area contributed by atoms with E-state index in [1.165, 1.54) is 0 Å². The lowest BCUT2D eigenvalue weighted by molar-refractivity contribution is 0.378. The van der Waals surface area contributed by atoms with Crippen LogP contribution in [-0.4, -0.2) is 25.1 Å². The number of nitrogen functional groups attached to an aromatic ring is 1. The highest BCUT2D eigenvalue weighted by molar-refractivity contribution is 7.91. The van der Waals surface area contributed by atoms with Gasteiger partial charge in [0.15, 0.2) is 15.7 Å². The molecule has 1 heterocycles. The zero-order valence-electron chi connectivity index (χ0n) is 10.9. The highest BCUT2D eigenvalue weighted by Crippen LogP contribution is 2.40. The summed E-state index contributed by atoms with van der Waals surface area (Å²) in [6.45, 7) is 4.46. The molecule has 1 aromatic rings. The third kappa shape index (κ3) is 2.77. The molecule has 1 aliphatic carbocycles. The fourth-order valence-corrected chi connectivity index (χ4v) is 4.62. The Hall–Kier alpha value is -0.820. The first-order chi connectivity index (χ1) is 8.19. The van der Waals surface area contributed by atoms with Crippen molar-refractivity contribution < 1.29 is 8.42 Å². The summed E-state index contributed by atoms with van der Waals surface area (Å²) in [4.78, 5) is 0.150. The Labute approximate surface area is 112 Å². The van der Waals surface area contributed by atoms with Crippen LogP contribution in [0.5, 0.6) is 0 Å². The van der Waals surface area contributed by atoms with Gasteiger partial charge in [0.05, 0.1) is 0 Å². The number of nitrogens with zero attached hydrogens (tertiary/aromatic N) is 1. The summed E-state index contributed by atoms with van der Waals surface area (Å²) >= 11 is 1.12. The maximum absolute atomic E-state index is 11.7. The van der Waals surface area contributed by atoms with E-state index in [1.54, 1.807) is 0 Å². The second-order valence-electron chi connectivity index (χ2n) is 5.75. The average molecular weight is 289 g/mol. The predicted molar refractivity (Wildman–Crippen MR) is 74.7 cm³/mol. The van der Waals surface area contributed by atoms with Crippen molar-refractivity contribution >= 4 is 32.2 Å². The third-order valence-electron chi connectivity index (χ3n) is 3.35. The molecule has 0 amide bonds. The number of hydrogen-bond donors (Lipinski definition) is 2. The lowest BCUT2D eigenvalue weighted by Gasteiger charge is -2.18. The van der Waals surface area contributed by atoms with Crippen LogP contribution >= 0.6 is 11.5 Å². The largest absolute Gasteiger partial charge is 0.382 e. The molecule has 1 unspecified atom stereocenters. The van der Waals surface area contributed by atoms with Crippen LogP contribution in [0.15, 0.2) is 4.90 Å².